The molecule has 0 N–H and O–H groups in total. The molecule has 0 aliphatic carbocycles. The van der Waals surface area contributed by atoms with Crippen LogP contribution in [-0.2, 0) is 4.79 Å². The summed E-state index contributed by atoms with van der Waals surface area (Å²) in [7, 11) is 5.33. The lowest BCUT2D eigenvalue weighted by atomic mass is 10.1. The number of halogens is 1. The van der Waals surface area contributed by atoms with Crippen LogP contribution in [-0.4, -0.2) is 27.2 Å². The third-order valence-corrected chi connectivity index (χ3v) is 3.47. The van der Waals surface area contributed by atoms with Gasteiger partial charge in [0.2, 0.25) is 0 Å². The van der Waals surface area contributed by atoms with E-state index in [-0.39, 0.29) is 0 Å². The Hall–Kier alpha value is -2.20. The van der Waals surface area contributed by atoms with Crippen LogP contribution < -0.4 is 14.4 Å². The number of esters is 1. The van der Waals surface area contributed by atoms with Crippen LogP contribution in [0.5, 0.6) is 11.5 Å². The van der Waals surface area contributed by atoms with Crippen LogP contribution in [0.1, 0.15) is 6.92 Å². The van der Waals surface area contributed by atoms with Crippen LogP contribution in [0, 0.1) is 0 Å². The van der Waals surface area contributed by atoms with E-state index in [4.69, 9.17) is 21.1 Å². The summed E-state index contributed by atoms with van der Waals surface area (Å²) in [6, 6.07) is 7.17. The minimum atomic E-state index is -0.468. The Bertz CT molecular complexity index is 753. The average Bonchev–Trinajstić information content (AvgIpc) is 2.46. The molecule has 0 atom stereocenters. The van der Waals surface area contributed by atoms with Gasteiger partial charge in [-0.2, -0.15) is 0 Å². The lowest BCUT2D eigenvalue weighted by Crippen LogP contribution is -2.15. The Morgan fingerprint density at radius 3 is 2.45 bits per heavy atom. The molecule has 116 valence electrons. The molecule has 5 heteroatoms. The average molecular weight is 320 g/mol. The third-order valence-electron chi connectivity index (χ3n) is 3.24. The fourth-order valence-electron chi connectivity index (χ4n) is 2.11. The number of hydrogen-bond acceptors (Lipinski definition) is 4. The van der Waals surface area contributed by atoms with Crippen LogP contribution in [0.4, 0.5) is 5.69 Å². The molecule has 0 fully saturated rings. The van der Waals surface area contributed by atoms with E-state index in [1.807, 2.05) is 31.1 Å². The summed E-state index contributed by atoms with van der Waals surface area (Å²) >= 11 is 6.07. The molecule has 0 radical (unpaired) electrons. The van der Waals surface area contributed by atoms with Crippen LogP contribution in [0.3, 0.4) is 0 Å². The van der Waals surface area contributed by atoms with Gasteiger partial charge in [0, 0.05) is 41.5 Å². The van der Waals surface area contributed by atoms with Crippen LogP contribution in [0.15, 0.2) is 36.4 Å². The number of carbonyl (C=O) groups is 1. The molecular formula is C17H18ClNO3. The van der Waals surface area contributed by atoms with Gasteiger partial charge in [0.25, 0.3) is 0 Å². The van der Waals surface area contributed by atoms with Crippen molar-refractivity contribution < 1.29 is 14.3 Å². The molecule has 0 saturated heterocycles. The monoisotopic (exact) mass is 319 g/mol. The Morgan fingerprint density at radius 1 is 1.23 bits per heavy atom. The maximum atomic E-state index is 12.0. The minimum Gasteiger partial charge on any atom is -0.496 e. The lowest BCUT2D eigenvalue weighted by Gasteiger charge is -2.21. The molecule has 0 heterocycles. The summed E-state index contributed by atoms with van der Waals surface area (Å²) in [5.41, 5.74) is 1.07. The van der Waals surface area contributed by atoms with Gasteiger partial charge in [-0.05, 0) is 25.1 Å². The maximum Gasteiger partial charge on any atom is 0.338 e. The van der Waals surface area contributed by atoms with E-state index in [9.17, 15) is 4.79 Å². The summed E-state index contributed by atoms with van der Waals surface area (Å²) in [6.07, 6.45) is 0. The molecule has 2 rings (SSSR count). The molecule has 0 bridgehead atoms. The highest BCUT2D eigenvalue weighted by Gasteiger charge is 2.19. The number of carbonyl (C=O) groups excluding carboxylic acids is 1. The normalized spacial score (nSPS) is 10.4. The van der Waals surface area contributed by atoms with E-state index >= 15 is 0 Å². The van der Waals surface area contributed by atoms with Crippen molar-refractivity contribution >= 4 is 34.0 Å². The van der Waals surface area contributed by atoms with Gasteiger partial charge in [-0.3, -0.25) is 0 Å². The van der Waals surface area contributed by atoms with Gasteiger partial charge in [-0.25, -0.2) is 4.79 Å². The predicted molar refractivity (Wildman–Crippen MR) is 90.3 cm³/mol. The minimum absolute atomic E-state index is 0.336. The number of hydrogen-bond donors (Lipinski definition) is 0. The first-order chi connectivity index (χ1) is 10.3. The molecule has 0 spiro atoms. The van der Waals surface area contributed by atoms with Crippen molar-refractivity contribution in [3.63, 3.8) is 0 Å². The van der Waals surface area contributed by atoms with E-state index in [1.165, 1.54) is 0 Å². The van der Waals surface area contributed by atoms with E-state index in [1.54, 1.807) is 26.2 Å². The fourth-order valence-corrected chi connectivity index (χ4v) is 2.28. The van der Waals surface area contributed by atoms with Crippen molar-refractivity contribution in [2.24, 2.45) is 0 Å². The highest BCUT2D eigenvalue weighted by molar-refractivity contribution is 6.31. The summed E-state index contributed by atoms with van der Waals surface area (Å²) in [5.74, 6) is 0.659. The van der Waals surface area contributed by atoms with Crippen molar-refractivity contribution in [2.45, 2.75) is 6.92 Å². The molecule has 0 saturated carbocycles. The second kappa shape index (κ2) is 6.28. The molecule has 2 aromatic carbocycles. The van der Waals surface area contributed by atoms with Crippen molar-refractivity contribution in [1.29, 1.82) is 0 Å². The van der Waals surface area contributed by atoms with E-state index in [0.29, 0.717) is 22.1 Å². The Morgan fingerprint density at radius 2 is 1.91 bits per heavy atom. The molecule has 2 aromatic rings. The number of methoxy groups -OCH3 is 1. The molecule has 22 heavy (non-hydrogen) atoms. The fraction of sp³-hybridized carbons (Fsp3) is 0.235. The number of benzene rings is 2. The molecule has 0 aliphatic rings. The third kappa shape index (κ3) is 3.02. The number of nitrogens with zero attached hydrogens (tertiary/aromatic N) is 1. The second-order valence-electron chi connectivity index (χ2n) is 5.18. The van der Waals surface area contributed by atoms with Gasteiger partial charge in [0.15, 0.2) is 5.75 Å². The second-order valence-corrected chi connectivity index (χ2v) is 5.62. The zero-order valence-corrected chi connectivity index (χ0v) is 13.8. The first-order valence-electron chi connectivity index (χ1n) is 6.70. The van der Waals surface area contributed by atoms with Crippen molar-refractivity contribution in [1.82, 2.24) is 0 Å². The summed E-state index contributed by atoms with van der Waals surface area (Å²) in [5, 5.41) is 2.12. The topological polar surface area (TPSA) is 38.8 Å². The highest BCUT2D eigenvalue weighted by atomic mass is 35.5. The van der Waals surface area contributed by atoms with Gasteiger partial charge >= 0.3 is 5.97 Å². The maximum absolute atomic E-state index is 12.0. The van der Waals surface area contributed by atoms with Gasteiger partial charge in [0.1, 0.15) is 5.75 Å². The van der Waals surface area contributed by atoms with E-state index < -0.39 is 5.97 Å². The van der Waals surface area contributed by atoms with Crippen molar-refractivity contribution in [2.75, 3.05) is 26.1 Å². The standard InChI is InChI=1S/C17H18ClNO3/c1-10(2)17(20)22-16-12-7-6-11(18)8-13(12)15(21-5)9-14(16)19(3)4/h6-9H,1H2,2-5H3. The molecule has 0 amide bonds. The van der Waals surface area contributed by atoms with Gasteiger partial charge in [0.05, 0.1) is 12.8 Å². The summed E-state index contributed by atoms with van der Waals surface area (Å²) in [4.78, 5) is 13.8. The van der Waals surface area contributed by atoms with Crippen molar-refractivity contribution in [3.05, 3.63) is 41.4 Å². The smallest absolute Gasteiger partial charge is 0.338 e. The van der Waals surface area contributed by atoms with E-state index in [0.717, 1.165) is 16.5 Å². The number of anilines is 1. The first-order valence-corrected chi connectivity index (χ1v) is 7.08. The summed E-state index contributed by atoms with van der Waals surface area (Å²) in [6.45, 7) is 5.23. The lowest BCUT2D eigenvalue weighted by molar-refractivity contribution is -0.129. The number of ether oxygens (including phenoxy) is 2. The number of fused-ring (bicyclic) bond motifs is 1. The zero-order valence-electron chi connectivity index (χ0n) is 13.1. The Kier molecular flexibility index (Phi) is 4.62. The van der Waals surface area contributed by atoms with Gasteiger partial charge in [-0.1, -0.05) is 18.2 Å². The van der Waals surface area contributed by atoms with Crippen LogP contribution >= 0.6 is 11.6 Å². The first kappa shape index (κ1) is 16.2. The zero-order chi connectivity index (χ0) is 16.4. The van der Waals surface area contributed by atoms with Crippen LogP contribution in [0.2, 0.25) is 5.02 Å². The highest BCUT2D eigenvalue weighted by Crippen LogP contribution is 2.42. The van der Waals surface area contributed by atoms with Crippen LogP contribution in [0.25, 0.3) is 10.8 Å². The molecule has 0 aliphatic heterocycles. The largest absolute Gasteiger partial charge is 0.496 e. The molecule has 0 unspecified atom stereocenters. The summed E-state index contributed by atoms with van der Waals surface area (Å²) < 4.78 is 11.0. The molecule has 0 aromatic heterocycles. The predicted octanol–water partition coefficient (Wildman–Crippen LogP) is 4.05. The Labute approximate surface area is 134 Å². The molecular weight excluding hydrogens is 302 g/mol. The Balaban J connectivity index is 2.77. The quantitative estimate of drug-likeness (QED) is 0.484. The van der Waals surface area contributed by atoms with Crippen molar-refractivity contribution in [3.8, 4) is 11.5 Å². The SMILES string of the molecule is C=C(C)C(=O)Oc1c(N(C)C)cc(OC)c2cc(Cl)ccc12. The molecule has 4 nitrogen and oxygen atoms in total. The van der Waals surface area contributed by atoms with E-state index in [2.05, 4.69) is 6.58 Å². The van der Waals surface area contributed by atoms with Gasteiger partial charge in [-0.15, -0.1) is 0 Å². The number of rotatable bonds is 4. The van der Waals surface area contributed by atoms with Gasteiger partial charge < -0.3 is 14.4 Å².